The number of tetrazole rings is 1. The Morgan fingerprint density at radius 1 is 1.13 bits per heavy atom. The third-order valence-corrected chi connectivity index (χ3v) is 5.50. The van der Waals surface area contributed by atoms with Crippen LogP contribution in [0.5, 0.6) is 0 Å². The highest BCUT2D eigenvalue weighted by Crippen LogP contribution is 2.28. The van der Waals surface area contributed by atoms with E-state index in [1.807, 2.05) is 30.3 Å². The van der Waals surface area contributed by atoms with Gasteiger partial charge in [0.2, 0.25) is 5.16 Å². The number of aryl methyl sites for hydroxylation is 1. The Hall–Kier alpha value is -2.25. The van der Waals surface area contributed by atoms with Gasteiger partial charge in [-0.2, -0.15) is 4.68 Å². The van der Waals surface area contributed by atoms with Crippen molar-refractivity contribution in [3.63, 3.8) is 0 Å². The lowest BCUT2D eigenvalue weighted by molar-refractivity contribution is 0.755. The molecule has 0 radical (unpaired) electrons. The van der Waals surface area contributed by atoms with Crippen LogP contribution in [0.2, 0.25) is 0 Å². The van der Waals surface area contributed by atoms with E-state index in [0.717, 1.165) is 27.1 Å². The summed E-state index contributed by atoms with van der Waals surface area (Å²) in [7, 11) is 0. The van der Waals surface area contributed by atoms with E-state index in [1.54, 1.807) is 27.8 Å². The molecule has 0 N–H and O–H groups in total. The van der Waals surface area contributed by atoms with Crippen LogP contribution in [-0.4, -0.2) is 25.2 Å². The van der Waals surface area contributed by atoms with Crippen molar-refractivity contribution in [2.45, 2.75) is 17.8 Å². The van der Waals surface area contributed by atoms with E-state index in [1.165, 1.54) is 10.3 Å². The molecule has 2 aromatic heterocycles. The lowest BCUT2D eigenvalue weighted by Gasteiger charge is -2.04. The Morgan fingerprint density at radius 3 is 2.91 bits per heavy atom. The number of hydrogen-bond acceptors (Lipinski definition) is 6. The van der Waals surface area contributed by atoms with E-state index in [4.69, 9.17) is 0 Å². The van der Waals surface area contributed by atoms with E-state index >= 15 is 0 Å². The van der Waals surface area contributed by atoms with Crippen molar-refractivity contribution in [3.05, 3.63) is 59.1 Å². The second-order valence-electron chi connectivity index (χ2n) is 5.08. The van der Waals surface area contributed by atoms with E-state index < -0.39 is 0 Å². The summed E-state index contributed by atoms with van der Waals surface area (Å²) in [5.41, 5.74) is 3.20. The normalized spacial score (nSPS) is 11.2. The molecular formula is C16H13N5S2. The first-order valence-corrected chi connectivity index (χ1v) is 8.92. The second kappa shape index (κ2) is 6.10. The maximum absolute atomic E-state index is 4.65. The Labute approximate surface area is 141 Å². The summed E-state index contributed by atoms with van der Waals surface area (Å²) < 4.78 is 2.98. The van der Waals surface area contributed by atoms with Crippen molar-refractivity contribution in [3.8, 4) is 5.69 Å². The number of nitrogens with zero attached hydrogens (tertiary/aromatic N) is 5. The van der Waals surface area contributed by atoms with Crippen LogP contribution >= 0.6 is 23.1 Å². The van der Waals surface area contributed by atoms with E-state index in [9.17, 15) is 0 Å². The molecule has 0 atom stereocenters. The third-order valence-electron chi connectivity index (χ3n) is 3.35. The van der Waals surface area contributed by atoms with Gasteiger partial charge >= 0.3 is 0 Å². The molecule has 114 valence electrons. The SMILES string of the molecule is Cc1cccc(-n2nnnc2SCc2nc3ccccc3s2)c1. The number of benzene rings is 2. The zero-order valence-electron chi connectivity index (χ0n) is 12.4. The maximum atomic E-state index is 4.65. The minimum Gasteiger partial charge on any atom is -0.240 e. The number of para-hydroxylation sites is 1. The summed E-state index contributed by atoms with van der Waals surface area (Å²) in [5.74, 6) is 0.755. The topological polar surface area (TPSA) is 56.5 Å². The number of rotatable bonds is 4. The molecular weight excluding hydrogens is 326 g/mol. The molecule has 0 aliphatic heterocycles. The molecule has 0 amide bonds. The largest absolute Gasteiger partial charge is 0.240 e. The van der Waals surface area contributed by atoms with E-state index in [2.05, 4.69) is 45.6 Å². The van der Waals surface area contributed by atoms with Gasteiger partial charge < -0.3 is 0 Å². The molecule has 4 rings (SSSR count). The number of thioether (sulfide) groups is 1. The molecule has 5 nitrogen and oxygen atoms in total. The Kier molecular flexibility index (Phi) is 3.80. The van der Waals surface area contributed by atoms with Crippen LogP contribution in [-0.2, 0) is 5.75 Å². The molecule has 0 bridgehead atoms. The van der Waals surface area contributed by atoms with Crippen LogP contribution in [0.4, 0.5) is 0 Å². The molecule has 0 spiro atoms. The summed E-state index contributed by atoms with van der Waals surface area (Å²) in [6.07, 6.45) is 0. The Bertz CT molecular complexity index is 927. The number of hydrogen-bond donors (Lipinski definition) is 0. The number of thiazole rings is 1. The minimum absolute atomic E-state index is 0.755. The predicted octanol–water partition coefficient (Wildman–Crippen LogP) is 3.87. The van der Waals surface area contributed by atoms with Crippen LogP contribution in [0.25, 0.3) is 15.9 Å². The molecule has 0 saturated heterocycles. The first kappa shape index (κ1) is 14.3. The minimum atomic E-state index is 0.755. The monoisotopic (exact) mass is 339 g/mol. The van der Waals surface area contributed by atoms with Crippen LogP contribution in [0, 0.1) is 6.92 Å². The van der Waals surface area contributed by atoms with E-state index in [0.29, 0.717) is 0 Å². The Balaban J connectivity index is 1.57. The van der Waals surface area contributed by atoms with Gasteiger partial charge in [0, 0.05) is 0 Å². The zero-order chi connectivity index (χ0) is 15.6. The second-order valence-corrected chi connectivity index (χ2v) is 7.13. The van der Waals surface area contributed by atoms with Crippen molar-refractivity contribution in [2.24, 2.45) is 0 Å². The van der Waals surface area contributed by atoms with Gasteiger partial charge in [0.05, 0.1) is 21.7 Å². The maximum Gasteiger partial charge on any atom is 0.214 e. The van der Waals surface area contributed by atoms with Crippen LogP contribution < -0.4 is 0 Å². The van der Waals surface area contributed by atoms with Gasteiger partial charge in [-0.1, -0.05) is 36.0 Å². The average Bonchev–Trinajstić information content (AvgIpc) is 3.19. The quantitative estimate of drug-likeness (QED) is 0.528. The molecule has 0 unspecified atom stereocenters. The van der Waals surface area contributed by atoms with Crippen molar-refractivity contribution in [1.29, 1.82) is 0 Å². The van der Waals surface area contributed by atoms with Gasteiger partial charge in [-0.05, 0) is 47.2 Å². The van der Waals surface area contributed by atoms with Gasteiger partial charge in [0.25, 0.3) is 0 Å². The highest BCUT2D eigenvalue weighted by Gasteiger charge is 2.11. The van der Waals surface area contributed by atoms with Gasteiger partial charge in [-0.15, -0.1) is 16.4 Å². The van der Waals surface area contributed by atoms with Gasteiger partial charge in [0.15, 0.2) is 0 Å². The summed E-state index contributed by atoms with van der Waals surface area (Å²) in [6, 6.07) is 16.3. The van der Waals surface area contributed by atoms with Crippen molar-refractivity contribution >= 4 is 33.3 Å². The molecule has 7 heteroatoms. The third kappa shape index (κ3) is 2.97. The first-order chi connectivity index (χ1) is 11.3. The molecule has 23 heavy (non-hydrogen) atoms. The lowest BCUT2D eigenvalue weighted by Crippen LogP contribution is -1.99. The molecule has 0 fully saturated rings. The van der Waals surface area contributed by atoms with Gasteiger partial charge in [0.1, 0.15) is 5.01 Å². The fraction of sp³-hybridized carbons (Fsp3) is 0.125. The number of fused-ring (bicyclic) bond motifs is 1. The van der Waals surface area contributed by atoms with Crippen molar-refractivity contribution < 1.29 is 0 Å². The van der Waals surface area contributed by atoms with E-state index in [-0.39, 0.29) is 0 Å². The summed E-state index contributed by atoms with van der Waals surface area (Å²) in [4.78, 5) is 4.65. The van der Waals surface area contributed by atoms with Crippen LogP contribution in [0.1, 0.15) is 10.6 Å². The van der Waals surface area contributed by atoms with Crippen molar-refractivity contribution in [2.75, 3.05) is 0 Å². The molecule has 0 saturated carbocycles. The van der Waals surface area contributed by atoms with Gasteiger partial charge in [-0.3, -0.25) is 0 Å². The fourth-order valence-corrected chi connectivity index (χ4v) is 4.15. The predicted molar refractivity (Wildman–Crippen MR) is 93.1 cm³/mol. The fourth-order valence-electron chi connectivity index (χ4n) is 2.30. The summed E-state index contributed by atoms with van der Waals surface area (Å²) >= 11 is 3.31. The highest BCUT2D eigenvalue weighted by molar-refractivity contribution is 7.98. The summed E-state index contributed by atoms with van der Waals surface area (Å²) in [5, 5.41) is 13.9. The molecule has 0 aliphatic rings. The lowest BCUT2D eigenvalue weighted by atomic mass is 10.2. The van der Waals surface area contributed by atoms with Crippen LogP contribution in [0.15, 0.2) is 53.7 Å². The molecule has 2 aromatic carbocycles. The number of aromatic nitrogens is 5. The standard InChI is InChI=1S/C16H13N5S2/c1-11-5-4-6-12(9-11)21-16(18-19-20-21)22-10-15-17-13-7-2-3-8-14(13)23-15/h2-9H,10H2,1H3. The highest BCUT2D eigenvalue weighted by atomic mass is 32.2. The molecule has 2 heterocycles. The first-order valence-electron chi connectivity index (χ1n) is 7.12. The average molecular weight is 339 g/mol. The smallest absolute Gasteiger partial charge is 0.214 e. The van der Waals surface area contributed by atoms with Gasteiger partial charge in [-0.25, -0.2) is 4.98 Å². The zero-order valence-corrected chi connectivity index (χ0v) is 14.0. The molecule has 4 aromatic rings. The Morgan fingerprint density at radius 2 is 2.04 bits per heavy atom. The summed E-state index contributed by atoms with van der Waals surface area (Å²) in [6.45, 7) is 2.06. The molecule has 0 aliphatic carbocycles. The van der Waals surface area contributed by atoms with Crippen LogP contribution in [0.3, 0.4) is 0 Å². The van der Waals surface area contributed by atoms with Crippen molar-refractivity contribution in [1.82, 2.24) is 25.2 Å².